The number of rotatable bonds is 8. The van der Waals surface area contributed by atoms with Gasteiger partial charge in [0.25, 0.3) is 0 Å². The summed E-state index contributed by atoms with van der Waals surface area (Å²) in [5.74, 6) is 2.23. The zero-order valence-electron chi connectivity index (χ0n) is 15.8. The molecule has 3 aromatic rings. The molecule has 7 nitrogen and oxygen atoms in total. The highest BCUT2D eigenvalue weighted by atomic mass is 16.4. The molecule has 0 aliphatic rings. The summed E-state index contributed by atoms with van der Waals surface area (Å²) in [6.07, 6.45) is 0. The van der Waals surface area contributed by atoms with Crippen molar-refractivity contribution < 1.29 is 22.8 Å². The van der Waals surface area contributed by atoms with Crippen LogP contribution in [0.3, 0.4) is 0 Å². The van der Waals surface area contributed by atoms with Gasteiger partial charge in [-0.2, -0.15) is 0 Å². The van der Waals surface area contributed by atoms with Crippen LogP contribution in [0.25, 0.3) is 23.0 Å². The molecule has 0 aromatic carbocycles. The van der Waals surface area contributed by atoms with Crippen LogP contribution in [0.5, 0.6) is 0 Å². The lowest BCUT2D eigenvalue weighted by Crippen LogP contribution is -2.21. The lowest BCUT2D eigenvalue weighted by molar-refractivity contribution is 0.0924. The fourth-order valence-electron chi connectivity index (χ4n) is 2.57. The second-order valence-corrected chi connectivity index (χ2v) is 6.81. The summed E-state index contributed by atoms with van der Waals surface area (Å²) < 4.78 is 17.0. The third-order valence-corrected chi connectivity index (χ3v) is 3.77. The molecule has 0 spiro atoms. The molecule has 3 heterocycles. The standard InChI is InChI=1S/C20H22N2O5/c1-21(2)11-13(23)15-5-7-17(25-15)19-9-10-20(27-19)18-8-6-16(26-18)14(24)12-22(3)4/h5-10H,11-12H2,1-4H3. The normalized spacial score (nSPS) is 11.5. The Kier molecular flexibility index (Phi) is 5.43. The van der Waals surface area contributed by atoms with Gasteiger partial charge in [-0.3, -0.25) is 9.59 Å². The van der Waals surface area contributed by atoms with Gasteiger partial charge in [0.1, 0.15) is 0 Å². The summed E-state index contributed by atoms with van der Waals surface area (Å²) in [6.45, 7) is 0.541. The maximum atomic E-state index is 12.1. The van der Waals surface area contributed by atoms with Crippen LogP contribution in [0.1, 0.15) is 21.1 Å². The first-order valence-electron chi connectivity index (χ1n) is 8.49. The van der Waals surface area contributed by atoms with Gasteiger partial charge < -0.3 is 23.1 Å². The quantitative estimate of drug-likeness (QED) is 0.563. The number of furan rings is 3. The van der Waals surface area contributed by atoms with E-state index in [4.69, 9.17) is 13.3 Å². The molecule has 0 aliphatic heterocycles. The third-order valence-electron chi connectivity index (χ3n) is 3.77. The van der Waals surface area contributed by atoms with E-state index in [2.05, 4.69) is 0 Å². The van der Waals surface area contributed by atoms with Crippen molar-refractivity contribution >= 4 is 11.6 Å². The highest BCUT2D eigenvalue weighted by molar-refractivity contribution is 5.96. The van der Waals surface area contributed by atoms with E-state index in [1.807, 2.05) is 28.2 Å². The third kappa shape index (κ3) is 4.45. The number of likely N-dealkylation sites (N-methyl/N-ethyl adjacent to an activating group) is 2. The first kappa shape index (κ1) is 18.9. The average Bonchev–Trinajstić information content (AvgIpc) is 3.32. The van der Waals surface area contributed by atoms with Crippen molar-refractivity contribution in [2.24, 2.45) is 0 Å². The monoisotopic (exact) mass is 370 g/mol. The highest BCUT2D eigenvalue weighted by Crippen LogP contribution is 2.31. The topological polar surface area (TPSA) is 80.0 Å². The predicted molar refractivity (Wildman–Crippen MR) is 99.9 cm³/mol. The first-order chi connectivity index (χ1) is 12.8. The molecule has 0 atom stereocenters. The van der Waals surface area contributed by atoms with Crippen molar-refractivity contribution in [1.82, 2.24) is 9.80 Å². The minimum Gasteiger partial charge on any atom is -0.450 e. The van der Waals surface area contributed by atoms with Gasteiger partial charge in [0.15, 0.2) is 34.6 Å². The number of hydrogen-bond acceptors (Lipinski definition) is 7. The van der Waals surface area contributed by atoms with Crippen molar-refractivity contribution in [3.05, 3.63) is 47.9 Å². The molecule has 0 bridgehead atoms. The molecule has 0 saturated carbocycles. The van der Waals surface area contributed by atoms with Crippen molar-refractivity contribution in [2.45, 2.75) is 0 Å². The van der Waals surface area contributed by atoms with Gasteiger partial charge >= 0.3 is 0 Å². The molecule has 0 fully saturated rings. The van der Waals surface area contributed by atoms with Gasteiger partial charge in [-0.05, 0) is 64.6 Å². The Bertz CT molecular complexity index is 870. The number of Topliss-reactive ketones (excluding diaryl/α,β-unsaturated/α-hetero) is 2. The van der Waals surface area contributed by atoms with E-state index in [1.165, 1.54) is 0 Å². The van der Waals surface area contributed by atoms with Crippen molar-refractivity contribution in [3.63, 3.8) is 0 Å². The van der Waals surface area contributed by atoms with Crippen LogP contribution in [0, 0.1) is 0 Å². The van der Waals surface area contributed by atoms with Gasteiger partial charge in [-0.25, -0.2) is 0 Å². The highest BCUT2D eigenvalue weighted by Gasteiger charge is 2.18. The Morgan fingerprint density at radius 2 is 0.963 bits per heavy atom. The summed E-state index contributed by atoms with van der Waals surface area (Å²) in [7, 11) is 7.28. The summed E-state index contributed by atoms with van der Waals surface area (Å²) in [5.41, 5.74) is 0. The maximum absolute atomic E-state index is 12.1. The largest absolute Gasteiger partial charge is 0.450 e. The molecule has 142 valence electrons. The zero-order chi connectivity index (χ0) is 19.6. The predicted octanol–water partition coefficient (Wildman–Crippen LogP) is 3.29. The zero-order valence-corrected chi connectivity index (χ0v) is 15.8. The summed E-state index contributed by atoms with van der Waals surface area (Å²) >= 11 is 0. The van der Waals surface area contributed by atoms with Crippen molar-refractivity contribution in [3.8, 4) is 23.0 Å². The van der Waals surface area contributed by atoms with Gasteiger partial charge in [0, 0.05) is 0 Å². The molecule has 3 aromatic heterocycles. The Hall–Kier alpha value is -2.90. The second kappa shape index (κ2) is 7.77. The molecule has 0 N–H and O–H groups in total. The molecule has 0 saturated heterocycles. The summed E-state index contributed by atoms with van der Waals surface area (Å²) in [6, 6.07) is 10.1. The van der Waals surface area contributed by atoms with E-state index < -0.39 is 0 Å². The van der Waals surface area contributed by atoms with Crippen LogP contribution in [0.2, 0.25) is 0 Å². The van der Waals surface area contributed by atoms with Crippen LogP contribution >= 0.6 is 0 Å². The Morgan fingerprint density at radius 3 is 1.33 bits per heavy atom. The van der Waals surface area contributed by atoms with Crippen LogP contribution in [-0.4, -0.2) is 62.6 Å². The number of ketones is 2. The van der Waals surface area contributed by atoms with Crippen LogP contribution in [0.4, 0.5) is 0 Å². The van der Waals surface area contributed by atoms with E-state index in [0.29, 0.717) is 23.0 Å². The van der Waals surface area contributed by atoms with Crippen molar-refractivity contribution in [2.75, 3.05) is 41.3 Å². The fraction of sp³-hybridized carbons (Fsp3) is 0.300. The smallest absolute Gasteiger partial charge is 0.211 e. The lowest BCUT2D eigenvalue weighted by Gasteiger charge is -2.05. The second-order valence-electron chi connectivity index (χ2n) is 6.81. The molecule has 0 amide bonds. The Balaban J connectivity index is 1.76. The molecule has 27 heavy (non-hydrogen) atoms. The SMILES string of the molecule is CN(C)CC(=O)c1ccc(-c2ccc(-c3ccc(C(=O)CN(C)C)o3)o2)o1. The van der Waals surface area contributed by atoms with Crippen LogP contribution < -0.4 is 0 Å². The number of nitrogens with zero attached hydrogens (tertiary/aromatic N) is 2. The van der Waals surface area contributed by atoms with E-state index in [-0.39, 0.29) is 36.2 Å². The molecule has 0 radical (unpaired) electrons. The Labute approximate surface area is 157 Å². The Morgan fingerprint density at radius 1 is 0.630 bits per heavy atom. The number of carbonyl (C=O) groups is 2. The van der Waals surface area contributed by atoms with E-state index >= 15 is 0 Å². The lowest BCUT2D eigenvalue weighted by atomic mass is 10.3. The molecule has 0 unspecified atom stereocenters. The molecular weight excluding hydrogens is 348 g/mol. The number of carbonyl (C=O) groups excluding carboxylic acids is 2. The van der Waals surface area contributed by atoms with E-state index in [1.54, 1.807) is 46.2 Å². The van der Waals surface area contributed by atoms with Gasteiger partial charge in [-0.15, -0.1) is 0 Å². The van der Waals surface area contributed by atoms with E-state index in [9.17, 15) is 9.59 Å². The van der Waals surface area contributed by atoms with Gasteiger partial charge in [-0.1, -0.05) is 0 Å². The van der Waals surface area contributed by atoms with Crippen molar-refractivity contribution in [1.29, 1.82) is 0 Å². The maximum Gasteiger partial charge on any atom is 0.211 e. The van der Waals surface area contributed by atoms with Crippen LogP contribution in [0.15, 0.2) is 49.6 Å². The van der Waals surface area contributed by atoms with Gasteiger partial charge in [0.05, 0.1) is 13.1 Å². The summed E-state index contributed by atoms with van der Waals surface area (Å²) in [4.78, 5) is 27.7. The average molecular weight is 370 g/mol. The molecule has 0 aliphatic carbocycles. The minimum absolute atomic E-state index is 0.104. The molecular formula is C20H22N2O5. The number of hydrogen-bond donors (Lipinski definition) is 0. The van der Waals surface area contributed by atoms with E-state index in [0.717, 1.165) is 0 Å². The fourth-order valence-corrected chi connectivity index (χ4v) is 2.57. The summed E-state index contributed by atoms with van der Waals surface area (Å²) in [5, 5.41) is 0. The minimum atomic E-state index is -0.104. The van der Waals surface area contributed by atoms with Gasteiger partial charge in [0.2, 0.25) is 11.6 Å². The first-order valence-corrected chi connectivity index (χ1v) is 8.49. The molecule has 3 rings (SSSR count). The van der Waals surface area contributed by atoms with Crippen LogP contribution in [-0.2, 0) is 0 Å². The molecule has 7 heteroatoms.